The molecule has 0 atom stereocenters. The van der Waals surface area contributed by atoms with E-state index in [1.165, 1.54) is 0 Å². The van der Waals surface area contributed by atoms with Crippen molar-refractivity contribution in [3.05, 3.63) is 0 Å². The summed E-state index contributed by atoms with van der Waals surface area (Å²) >= 11 is 2.79. The van der Waals surface area contributed by atoms with E-state index in [0.717, 1.165) is 0 Å². The molecule has 8 heavy (non-hydrogen) atoms. The lowest BCUT2D eigenvalue weighted by Crippen LogP contribution is -2.16. The van der Waals surface area contributed by atoms with Crippen molar-refractivity contribution in [1.29, 1.82) is 0 Å². The predicted molar refractivity (Wildman–Crippen MR) is 24.3 cm³/mol. The van der Waals surface area contributed by atoms with E-state index in [1.54, 1.807) is 0 Å². The largest absolute Gasteiger partial charge is 0.442 e. The highest BCUT2D eigenvalue weighted by atomic mass is 32.1. The van der Waals surface area contributed by atoms with E-state index in [9.17, 15) is 13.2 Å². The lowest BCUT2D eigenvalue weighted by molar-refractivity contribution is -0.0572. The quantitative estimate of drug-likeness (QED) is 0.174. The average molecular weight is 145 g/mol. The van der Waals surface area contributed by atoms with Gasteiger partial charge in [0.2, 0.25) is 5.04 Å². The zero-order chi connectivity index (χ0) is 6.78. The normalized spacial score (nSPS) is 14.2. The van der Waals surface area contributed by atoms with Crippen LogP contribution in [-0.2, 0) is 0 Å². The monoisotopic (exact) mass is 145 g/mol. The van der Waals surface area contributed by atoms with Gasteiger partial charge >= 0.3 is 6.18 Å². The van der Waals surface area contributed by atoms with Gasteiger partial charge in [0.25, 0.3) is 0 Å². The summed E-state index contributed by atoms with van der Waals surface area (Å²) in [6.45, 7) is 0. The third-order valence-corrected chi connectivity index (χ3v) is 0.691. The first-order valence-corrected chi connectivity index (χ1v) is 1.91. The van der Waals surface area contributed by atoms with Gasteiger partial charge < -0.3 is 5.21 Å². The van der Waals surface area contributed by atoms with Crippen LogP contribution < -0.4 is 0 Å². The molecule has 0 aliphatic heterocycles. The van der Waals surface area contributed by atoms with Crippen LogP contribution in [0.1, 0.15) is 0 Å². The van der Waals surface area contributed by atoms with Crippen LogP contribution in [0.2, 0.25) is 0 Å². The Bertz CT molecular complexity index is 108. The molecule has 0 rings (SSSR count). The molecule has 0 heterocycles. The Labute approximate surface area is 48.4 Å². The van der Waals surface area contributed by atoms with E-state index in [2.05, 4.69) is 12.6 Å². The standard InChI is InChI=1S/C2H2F3NOS/c3-2(4,5)1(8)6-7/h7H,(H,6,8). The predicted octanol–water partition coefficient (Wildman–Crippen LogP) is 1.27. The van der Waals surface area contributed by atoms with Crippen molar-refractivity contribution in [2.24, 2.45) is 5.16 Å². The van der Waals surface area contributed by atoms with E-state index < -0.39 is 11.2 Å². The number of oxime groups is 1. The third-order valence-electron chi connectivity index (χ3n) is 0.348. The first-order chi connectivity index (χ1) is 3.48. The smallest absolute Gasteiger partial charge is 0.410 e. The van der Waals surface area contributed by atoms with Crippen molar-refractivity contribution in [2.45, 2.75) is 6.18 Å². The van der Waals surface area contributed by atoms with E-state index in [1.807, 2.05) is 5.16 Å². The molecule has 0 saturated carbocycles. The van der Waals surface area contributed by atoms with Crippen molar-refractivity contribution in [1.82, 2.24) is 0 Å². The number of nitrogens with zero attached hydrogens (tertiary/aromatic N) is 1. The minimum atomic E-state index is -4.63. The SMILES string of the molecule is ON=C(S)C(F)(F)F. The van der Waals surface area contributed by atoms with Crippen LogP contribution in [-0.4, -0.2) is 16.4 Å². The third kappa shape index (κ3) is 2.06. The Hall–Kier alpha value is -0.390. The molecule has 0 bridgehead atoms. The zero-order valence-corrected chi connectivity index (χ0v) is 4.37. The zero-order valence-electron chi connectivity index (χ0n) is 3.48. The number of hydrogen-bond donors (Lipinski definition) is 2. The summed E-state index contributed by atoms with van der Waals surface area (Å²) in [5.41, 5.74) is 0. The molecular weight excluding hydrogens is 143 g/mol. The highest BCUT2D eigenvalue weighted by molar-refractivity contribution is 7.97. The second kappa shape index (κ2) is 2.25. The molecule has 0 fully saturated rings. The van der Waals surface area contributed by atoms with Crippen LogP contribution in [0.4, 0.5) is 13.2 Å². The van der Waals surface area contributed by atoms with Crippen LogP contribution in [0.15, 0.2) is 5.16 Å². The van der Waals surface area contributed by atoms with E-state index in [0.29, 0.717) is 0 Å². The van der Waals surface area contributed by atoms with Gasteiger partial charge in [-0.25, -0.2) is 0 Å². The summed E-state index contributed by atoms with van der Waals surface area (Å²) in [7, 11) is 0. The molecule has 6 heteroatoms. The van der Waals surface area contributed by atoms with E-state index in [-0.39, 0.29) is 0 Å². The molecule has 0 aliphatic carbocycles. The second-order valence-corrected chi connectivity index (χ2v) is 1.34. The molecule has 0 aromatic carbocycles. The Kier molecular flexibility index (Phi) is 2.14. The van der Waals surface area contributed by atoms with Crippen molar-refractivity contribution >= 4 is 17.7 Å². The first kappa shape index (κ1) is 7.61. The lowest BCUT2D eigenvalue weighted by Gasteiger charge is -1.99. The molecule has 48 valence electrons. The minimum Gasteiger partial charge on any atom is -0.410 e. The Morgan fingerprint density at radius 3 is 1.88 bits per heavy atom. The highest BCUT2D eigenvalue weighted by Crippen LogP contribution is 2.18. The van der Waals surface area contributed by atoms with Gasteiger partial charge in [-0.3, -0.25) is 0 Å². The molecule has 0 saturated heterocycles. The Balaban J connectivity index is 4.03. The summed E-state index contributed by atoms with van der Waals surface area (Å²) in [6, 6.07) is 0. The van der Waals surface area contributed by atoms with Crippen LogP contribution in [0.5, 0.6) is 0 Å². The summed E-state index contributed by atoms with van der Waals surface area (Å²) in [5.74, 6) is 0. The van der Waals surface area contributed by atoms with Crippen molar-refractivity contribution in [3.8, 4) is 0 Å². The molecule has 2 nitrogen and oxygen atoms in total. The Morgan fingerprint density at radius 1 is 1.50 bits per heavy atom. The molecule has 0 spiro atoms. The fourth-order valence-corrected chi connectivity index (χ4v) is 0.0567. The number of rotatable bonds is 0. The van der Waals surface area contributed by atoms with Gasteiger partial charge in [-0.05, 0) is 0 Å². The van der Waals surface area contributed by atoms with Crippen LogP contribution in [0.25, 0.3) is 0 Å². The maximum atomic E-state index is 11.1. The number of alkyl halides is 3. The highest BCUT2D eigenvalue weighted by Gasteiger charge is 2.33. The molecule has 0 unspecified atom stereocenters. The topological polar surface area (TPSA) is 32.6 Å². The first-order valence-electron chi connectivity index (χ1n) is 1.46. The van der Waals surface area contributed by atoms with Crippen LogP contribution in [0, 0.1) is 0 Å². The maximum absolute atomic E-state index is 11.1. The van der Waals surface area contributed by atoms with E-state index in [4.69, 9.17) is 5.21 Å². The summed E-state index contributed by atoms with van der Waals surface area (Å²) in [6.07, 6.45) is -4.63. The molecule has 0 aliphatic rings. The lowest BCUT2D eigenvalue weighted by atomic mass is 10.7. The van der Waals surface area contributed by atoms with Gasteiger partial charge in [0, 0.05) is 0 Å². The van der Waals surface area contributed by atoms with Gasteiger partial charge in [0.1, 0.15) is 0 Å². The molecule has 0 aromatic heterocycles. The molecule has 0 radical (unpaired) electrons. The molecule has 0 amide bonds. The summed E-state index contributed by atoms with van der Waals surface area (Å²) in [5, 5.41) is 7.73. The van der Waals surface area contributed by atoms with Crippen LogP contribution in [0.3, 0.4) is 0 Å². The maximum Gasteiger partial charge on any atom is 0.442 e. The fraction of sp³-hybridized carbons (Fsp3) is 0.500. The average Bonchev–Trinajstić information content (AvgIpc) is 1.62. The fourth-order valence-electron chi connectivity index (χ4n) is 0.0567. The van der Waals surface area contributed by atoms with Gasteiger partial charge in [0.15, 0.2) is 0 Å². The summed E-state index contributed by atoms with van der Waals surface area (Å²) in [4.78, 5) is 0. The molecule has 1 N–H and O–H groups in total. The van der Waals surface area contributed by atoms with Gasteiger partial charge in [-0.2, -0.15) is 13.2 Å². The van der Waals surface area contributed by atoms with Gasteiger partial charge in [-0.15, -0.1) is 12.6 Å². The van der Waals surface area contributed by atoms with Crippen LogP contribution >= 0.6 is 12.6 Å². The van der Waals surface area contributed by atoms with E-state index >= 15 is 0 Å². The van der Waals surface area contributed by atoms with Gasteiger partial charge in [0.05, 0.1) is 0 Å². The second-order valence-electron chi connectivity index (χ2n) is 0.921. The number of thiol groups is 1. The van der Waals surface area contributed by atoms with Gasteiger partial charge in [-0.1, -0.05) is 5.16 Å². The van der Waals surface area contributed by atoms with Crippen molar-refractivity contribution < 1.29 is 18.4 Å². The summed E-state index contributed by atoms with van der Waals surface area (Å²) < 4.78 is 33.2. The van der Waals surface area contributed by atoms with Crippen molar-refractivity contribution in [2.75, 3.05) is 0 Å². The minimum absolute atomic E-state index is 1.54. The number of halogens is 3. The van der Waals surface area contributed by atoms with Crippen molar-refractivity contribution in [3.63, 3.8) is 0 Å². The molecule has 0 aromatic rings. The molecular formula is C2H2F3NOS. The number of hydrogen-bond acceptors (Lipinski definition) is 2. The Morgan fingerprint density at radius 2 is 1.88 bits per heavy atom.